The van der Waals surface area contributed by atoms with Gasteiger partial charge >= 0.3 is 0 Å². The molecule has 0 spiro atoms. The summed E-state index contributed by atoms with van der Waals surface area (Å²) in [5.41, 5.74) is 4.08. The van der Waals surface area contributed by atoms with Crippen molar-refractivity contribution in [2.75, 3.05) is 19.8 Å². The Morgan fingerprint density at radius 2 is 1.53 bits per heavy atom. The number of unbranched alkanes of at least 4 members (excludes halogenated alkanes) is 3. The molecule has 2 atom stereocenters. The fraction of sp³-hybridized carbons (Fsp3) is 0.636. The van der Waals surface area contributed by atoms with Crippen LogP contribution in [0.5, 0.6) is 0 Å². The van der Waals surface area contributed by atoms with Gasteiger partial charge in [0.1, 0.15) is 0 Å². The van der Waals surface area contributed by atoms with Crippen LogP contribution < -0.4 is 0 Å². The van der Waals surface area contributed by atoms with Gasteiger partial charge in [0.25, 0.3) is 0 Å². The maximum absolute atomic E-state index is 9.15. The first-order valence-corrected chi connectivity index (χ1v) is 14.4. The molecule has 2 N–H and O–H groups in total. The molecule has 1 heterocycles. The molecule has 0 bridgehead atoms. The minimum Gasteiger partial charge on any atom is -0.396 e. The Kier molecular flexibility index (Phi) is 15.0. The molecule has 2 aromatic carbocycles. The summed E-state index contributed by atoms with van der Waals surface area (Å²) in [5.74, 6) is 0.727. The Morgan fingerprint density at radius 3 is 2.08 bits per heavy atom. The van der Waals surface area contributed by atoms with E-state index in [0.717, 1.165) is 38.7 Å². The van der Waals surface area contributed by atoms with Crippen LogP contribution in [-0.2, 0) is 17.6 Å². The summed E-state index contributed by atoms with van der Waals surface area (Å²) < 4.78 is 6.16. The van der Waals surface area contributed by atoms with Gasteiger partial charge in [0.15, 0.2) is 0 Å². The van der Waals surface area contributed by atoms with Crippen molar-refractivity contribution in [2.24, 2.45) is 11.8 Å². The molecule has 0 aromatic heterocycles. The smallest absolute Gasteiger partial charge is 0.0575 e. The van der Waals surface area contributed by atoms with Gasteiger partial charge in [-0.1, -0.05) is 74.6 Å². The number of hydrogen-bond donors (Lipinski definition) is 2. The molecule has 3 heteroatoms. The molecule has 3 rings (SSSR count). The Hall–Kier alpha value is -1.68. The number of ether oxygens (including phenoxy) is 1. The molecule has 2 aromatic rings. The molecule has 2 unspecified atom stereocenters. The van der Waals surface area contributed by atoms with Gasteiger partial charge < -0.3 is 14.9 Å². The second kappa shape index (κ2) is 17.7. The largest absolute Gasteiger partial charge is 0.396 e. The molecule has 0 aliphatic carbocycles. The zero-order chi connectivity index (χ0) is 26.2. The molecular weight excluding hydrogens is 444 g/mol. The zero-order valence-electron chi connectivity index (χ0n) is 23.3. The van der Waals surface area contributed by atoms with E-state index < -0.39 is 0 Å². The highest BCUT2D eigenvalue weighted by Gasteiger charge is 2.21. The van der Waals surface area contributed by atoms with Crippen LogP contribution in [0.1, 0.15) is 96.1 Å². The molecule has 1 aliphatic heterocycles. The molecule has 0 saturated carbocycles. The number of hydrogen-bond acceptors (Lipinski definition) is 3. The van der Waals surface area contributed by atoms with Crippen LogP contribution in [0.25, 0.3) is 10.8 Å². The minimum atomic E-state index is 0.0506. The maximum atomic E-state index is 9.15. The van der Waals surface area contributed by atoms with Crippen LogP contribution in [0.15, 0.2) is 48.6 Å². The highest BCUT2D eigenvalue weighted by atomic mass is 16.5. The van der Waals surface area contributed by atoms with Crippen LogP contribution in [0.2, 0.25) is 0 Å². The van der Waals surface area contributed by atoms with E-state index in [4.69, 9.17) is 14.9 Å². The number of aliphatic hydroxyl groups is 2. The predicted molar refractivity (Wildman–Crippen MR) is 155 cm³/mol. The van der Waals surface area contributed by atoms with E-state index in [1.54, 1.807) is 0 Å². The summed E-state index contributed by atoms with van der Waals surface area (Å²) >= 11 is 0. The van der Waals surface area contributed by atoms with Crippen LogP contribution in [0.3, 0.4) is 0 Å². The standard InChI is InChI=1S/C29H44O3.C4H8/c1-2-3-4-7-23-12-15-28-19-24(13-16-27(28)18-23)10-11-25-14-17-29(32-22-25)9-6-5-8-26(20-30)21-31;1-4(2)3/h12-13,15-16,18-19,25-26,29-31H,2-11,14,17,20-22H2,1H3;1H2,2-3H3. The van der Waals surface area contributed by atoms with Crippen LogP contribution >= 0.6 is 0 Å². The van der Waals surface area contributed by atoms with Gasteiger partial charge in [-0.05, 0) is 93.0 Å². The van der Waals surface area contributed by atoms with Gasteiger partial charge in [0.2, 0.25) is 0 Å². The Labute approximate surface area is 221 Å². The SMILES string of the molecule is C=C(C)C.CCCCCc1ccc2cc(CCC3CCC(CCCCC(CO)CO)OC3)ccc2c1. The lowest BCUT2D eigenvalue weighted by Crippen LogP contribution is -2.26. The first kappa shape index (κ1) is 30.5. The lowest BCUT2D eigenvalue weighted by Gasteiger charge is -2.29. The van der Waals surface area contributed by atoms with Crippen LogP contribution in [0, 0.1) is 11.8 Å². The van der Waals surface area contributed by atoms with E-state index in [9.17, 15) is 0 Å². The summed E-state index contributed by atoms with van der Waals surface area (Å²) in [5, 5.41) is 21.0. The predicted octanol–water partition coefficient (Wildman–Crippen LogP) is 8.04. The molecule has 202 valence electrons. The average molecular weight is 497 g/mol. The van der Waals surface area contributed by atoms with E-state index in [1.807, 2.05) is 13.8 Å². The Balaban J connectivity index is 0.00000106. The number of allylic oxidation sites excluding steroid dienone is 1. The molecule has 0 radical (unpaired) electrons. The Morgan fingerprint density at radius 1 is 0.889 bits per heavy atom. The number of benzene rings is 2. The van der Waals surface area contributed by atoms with Crippen molar-refractivity contribution in [3.05, 3.63) is 59.7 Å². The van der Waals surface area contributed by atoms with Crippen molar-refractivity contribution in [1.29, 1.82) is 0 Å². The molecule has 3 nitrogen and oxygen atoms in total. The molecule has 1 saturated heterocycles. The number of rotatable bonds is 14. The number of aryl methyl sites for hydroxylation is 2. The second-order valence-electron chi connectivity index (χ2n) is 11.1. The second-order valence-corrected chi connectivity index (χ2v) is 11.1. The van der Waals surface area contributed by atoms with Gasteiger partial charge in [0, 0.05) is 25.7 Å². The lowest BCUT2D eigenvalue weighted by molar-refractivity contribution is -0.0229. The van der Waals surface area contributed by atoms with Crippen molar-refractivity contribution in [3.8, 4) is 0 Å². The average Bonchev–Trinajstić information content (AvgIpc) is 2.88. The van der Waals surface area contributed by atoms with Crippen molar-refractivity contribution in [3.63, 3.8) is 0 Å². The third kappa shape index (κ3) is 12.0. The monoisotopic (exact) mass is 496 g/mol. The third-order valence-corrected chi connectivity index (χ3v) is 7.25. The number of fused-ring (bicyclic) bond motifs is 1. The summed E-state index contributed by atoms with van der Waals surface area (Å²) in [7, 11) is 0. The summed E-state index contributed by atoms with van der Waals surface area (Å²) in [6.07, 6.45) is 14.5. The molecule has 0 amide bonds. The molecule has 1 aliphatic rings. The lowest BCUT2D eigenvalue weighted by atomic mass is 9.90. The summed E-state index contributed by atoms with van der Waals surface area (Å²) in [4.78, 5) is 0. The maximum Gasteiger partial charge on any atom is 0.0575 e. The fourth-order valence-corrected chi connectivity index (χ4v) is 4.97. The van der Waals surface area contributed by atoms with Crippen molar-refractivity contribution in [2.45, 2.75) is 104 Å². The highest BCUT2D eigenvalue weighted by Crippen LogP contribution is 2.27. The zero-order valence-corrected chi connectivity index (χ0v) is 23.3. The fourth-order valence-electron chi connectivity index (χ4n) is 4.97. The first-order chi connectivity index (χ1) is 17.4. The van der Waals surface area contributed by atoms with Crippen molar-refractivity contribution >= 4 is 10.8 Å². The van der Waals surface area contributed by atoms with E-state index >= 15 is 0 Å². The summed E-state index contributed by atoms with van der Waals surface area (Å²) in [6, 6.07) is 14.0. The number of aliphatic hydroxyl groups excluding tert-OH is 2. The van der Waals surface area contributed by atoms with E-state index in [1.165, 1.54) is 72.4 Å². The van der Waals surface area contributed by atoms with Gasteiger partial charge in [-0.2, -0.15) is 0 Å². The van der Waals surface area contributed by atoms with E-state index in [0.29, 0.717) is 12.0 Å². The third-order valence-electron chi connectivity index (χ3n) is 7.25. The normalized spacial score (nSPS) is 17.7. The van der Waals surface area contributed by atoms with Gasteiger partial charge in [-0.15, -0.1) is 6.58 Å². The van der Waals surface area contributed by atoms with Gasteiger partial charge in [-0.3, -0.25) is 0 Å². The van der Waals surface area contributed by atoms with Crippen molar-refractivity contribution < 1.29 is 14.9 Å². The highest BCUT2D eigenvalue weighted by molar-refractivity contribution is 5.83. The van der Waals surface area contributed by atoms with Gasteiger partial charge in [0.05, 0.1) is 6.10 Å². The van der Waals surface area contributed by atoms with Crippen LogP contribution in [-0.4, -0.2) is 36.1 Å². The van der Waals surface area contributed by atoms with Crippen molar-refractivity contribution in [1.82, 2.24) is 0 Å². The molecule has 1 fully saturated rings. The quantitative estimate of drug-likeness (QED) is 0.205. The first-order valence-electron chi connectivity index (χ1n) is 14.4. The Bertz CT molecular complexity index is 858. The van der Waals surface area contributed by atoms with Gasteiger partial charge in [-0.25, -0.2) is 0 Å². The topological polar surface area (TPSA) is 49.7 Å². The van der Waals surface area contributed by atoms with Crippen LogP contribution in [0.4, 0.5) is 0 Å². The molecular formula is C33H52O3. The van der Waals surface area contributed by atoms with E-state index in [2.05, 4.69) is 49.9 Å². The minimum absolute atomic E-state index is 0.0506. The summed E-state index contributed by atoms with van der Waals surface area (Å²) in [6.45, 7) is 10.8. The van der Waals surface area contributed by atoms with E-state index in [-0.39, 0.29) is 19.1 Å². The molecule has 36 heavy (non-hydrogen) atoms.